The highest BCUT2D eigenvalue weighted by molar-refractivity contribution is 7.05. The molecule has 2 aromatic heterocycles. The summed E-state index contributed by atoms with van der Waals surface area (Å²) < 4.78 is 8.99. The largest absolute Gasteiger partial charge is 0.472 e. The Morgan fingerprint density at radius 2 is 2.46 bits per heavy atom. The molecular formula is C9H9NO2S. The van der Waals surface area contributed by atoms with E-state index >= 15 is 0 Å². The van der Waals surface area contributed by atoms with Crippen LogP contribution in [0.25, 0.3) is 0 Å². The van der Waals surface area contributed by atoms with E-state index in [2.05, 4.69) is 4.37 Å². The maximum atomic E-state index is 9.80. The summed E-state index contributed by atoms with van der Waals surface area (Å²) in [6, 6.07) is 3.63. The van der Waals surface area contributed by atoms with E-state index in [9.17, 15) is 5.11 Å². The zero-order valence-corrected chi connectivity index (χ0v) is 7.91. The van der Waals surface area contributed by atoms with Crippen LogP contribution in [-0.4, -0.2) is 9.48 Å². The predicted molar refractivity (Wildman–Crippen MR) is 49.6 cm³/mol. The first-order chi connectivity index (χ1) is 6.27. The van der Waals surface area contributed by atoms with Gasteiger partial charge in [-0.1, -0.05) is 0 Å². The van der Waals surface area contributed by atoms with Crippen molar-refractivity contribution >= 4 is 11.5 Å². The second-order valence-corrected chi connectivity index (χ2v) is 3.67. The van der Waals surface area contributed by atoms with Gasteiger partial charge in [-0.3, -0.25) is 0 Å². The van der Waals surface area contributed by atoms with E-state index in [1.165, 1.54) is 11.5 Å². The Balaban J connectivity index is 2.28. The molecule has 0 amide bonds. The van der Waals surface area contributed by atoms with Gasteiger partial charge in [0.05, 0.1) is 23.1 Å². The zero-order valence-electron chi connectivity index (χ0n) is 7.10. The Kier molecular flexibility index (Phi) is 2.16. The topological polar surface area (TPSA) is 46.3 Å². The lowest BCUT2D eigenvalue weighted by molar-refractivity contribution is 0.223. The average Bonchev–Trinajstić information content (AvgIpc) is 2.72. The molecule has 0 aliphatic rings. The lowest BCUT2D eigenvalue weighted by Gasteiger charge is -2.02. The fourth-order valence-corrected chi connectivity index (χ4v) is 1.87. The molecule has 0 aliphatic heterocycles. The van der Waals surface area contributed by atoms with Crippen LogP contribution in [0.4, 0.5) is 0 Å². The van der Waals surface area contributed by atoms with Crippen LogP contribution >= 0.6 is 11.5 Å². The minimum atomic E-state index is -0.607. The first kappa shape index (κ1) is 8.47. The predicted octanol–water partition coefficient (Wildman–Crippen LogP) is 2.13. The van der Waals surface area contributed by atoms with E-state index in [1.54, 1.807) is 18.6 Å². The van der Waals surface area contributed by atoms with Crippen molar-refractivity contribution < 1.29 is 9.52 Å². The van der Waals surface area contributed by atoms with Gasteiger partial charge in [-0.25, -0.2) is 0 Å². The highest BCUT2D eigenvalue weighted by Crippen LogP contribution is 2.25. The molecule has 0 aliphatic carbocycles. The summed E-state index contributed by atoms with van der Waals surface area (Å²) in [6.07, 6.45) is 2.48. The molecule has 3 nitrogen and oxygen atoms in total. The van der Waals surface area contributed by atoms with Gasteiger partial charge < -0.3 is 9.52 Å². The Morgan fingerprint density at radius 1 is 1.62 bits per heavy atom. The summed E-state index contributed by atoms with van der Waals surface area (Å²) in [5, 5.41) is 9.80. The second-order valence-electron chi connectivity index (χ2n) is 2.83. The van der Waals surface area contributed by atoms with Crippen LogP contribution in [0.2, 0.25) is 0 Å². The summed E-state index contributed by atoms with van der Waals surface area (Å²) in [5.41, 5.74) is 1.70. The molecule has 0 saturated carbocycles. The zero-order chi connectivity index (χ0) is 9.26. The first-order valence-corrected chi connectivity index (χ1v) is 4.68. The quantitative estimate of drug-likeness (QED) is 0.798. The van der Waals surface area contributed by atoms with E-state index in [0.717, 1.165) is 16.1 Å². The smallest absolute Gasteiger partial charge is 0.118 e. The summed E-state index contributed by atoms with van der Waals surface area (Å²) in [5.74, 6) is 0. The third-order valence-corrected chi connectivity index (χ3v) is 2.71. The van der Waals surface area contributed by atoms with Crippen LogP contribution in [-0.2, 0) is 0 Å². The lowest BCUT2D eigenvalue weighted by atomic mass is 10.1. The van der Waals surface area contributed by atoms with Gasteiger partial charge in [-0.05, 0) is 30.6 Å². The monoisotopic (exact) mass is 195 g/mol. The number of aromatic nitrogens is 1. The summed E-state index contributed by atoms with van der Waals surface area (Å²) >= 11 is 1.31. The van der Waals surface area contributed by atoms with Crippen LogP contribution in [0.5, 0.6) is 0 Å². The number of aliphatic hydroxyl groups excluding tert-OH is 1. The third kappa shape index (κ3) is 1.64. The molecule has 0 radical (unpaired) electrons. The van der Waals surface area contributed by atoms with E-state index in [1.807, 2.05) is 13.0 Å². The van der Waals surface area contributed by atoms with Crippen molar-refractivity contribution in [3.05, 3.63) is 40.8 Å². The van der Waals surface area contributed by atoms with Crippen molar-refractivity contribution in [2.75, 3.05) is 0 Å². The Bertz CT molecular complexity index is 380. The third-order valence-electron chi connectivity index (χ3n) is 1.77. The standard InChI is InChI=1S/C9H9NO2S/c1-6-4-8(13-10-6)9(11)7-2-3-12-5-7/h2-5,9,11H,1H3. The van der Waals surface area contributed by atoms with Crippen LogP contribution < -0.4 is 0 Å². The van der Waals surface area contributed by atoms with Gasteiger partial charge in [0, 0.05) is 5.56 Å². The molecule has 0 bridgehead atoms. The van der Waals surface area contributed by atoms with Gasteiger partial charge in [-0.2, -0.15) is 4.37 Å². The van der Waals surface area contributed by atoms with Crippen molar-refractivity contribution in [3.63, 3.8) is 0 Å². The van der Waals surface area contributed by atoms with E-state index in [0.29, 0.717) is 0 Å². The van der Waals surface area contributed by atoms with Crippen LogP contribution in [0.15, 0.2) is 29.1 Å². The van der Waals surface area contributed by atoms with Gasteiger partial charge in [-0.15, -0.1) is 0 Å². The molecule has 0 spiro atoms. The van der Waals surface area contributed by atoms with Gasteiger partial charge >= 0.3 is 0 Å². The van der Waals surface area contributed by atoms with Crippen molar-refractivity contribution in [1.29, 1.82) is 0 Å². The van der Waals surface area contributed by atoms with E-state index in [4.69, 9.17) is 4.42 Å². The summed E-state index contributed by atoms with van der Waals surface area (Å²) in [4.78, 5) is 0.846. The molecule has 4 heteroatoms. The Labute approximate surface area is 79.8 Å². The maximum absolute atomic E-state index is 9.80. The number of aliphatic hydroxyl groups is 1. The molecule has 68 valence electrons. The van der Waals surface area contributed by atoms with Gasteiger partial charge in [0.2, 0.25) is 0 Å². The van der Waals surface area contributed by atoms with Gasteiger partial charge in [0.15, 0.2) is 0 Å². The van der Waals surface area contributed by atoms with E-state index < -0.39 is 6.10 Å². The molecule has 1 N–H and O–H groups in total. The van der Waals surface area contributed by atoms with Crippen molar-refractivity contribution in [2.24, 2.45) is 0 Å². The highest BCUT2D eigenvalue weighted by atomic mass is 32.1. The molecule has 0 aromatic carbocycles. The molecule has 0 fully saturated rings. The summed E-state index contributed by atoms with van der Waals surface area (Å²) in [6.45, 7) is 1.90. The van der Waals surface area contributed by atoms with Gasteiger partial charge in [0.1, 0.15) is 6.10 Å². The molecule has 2 rings (SSSR count). The number of rotatable bonds is 2. The van der Waals surface area contributed by atoms with Gasteiger partial charge in [0.25, 0.3) is 0 Å². The average molecular weight is 195 g/mol. The normalized spacial score (nSPS) is 13.1. The van der Waals surface area contributed by atoms with Crippen LogP contribution in [0.1, 0.15) is 22.2 Å². The van der Waals surface area contributed by atoms with Crippen molar-refractivity contribution in [3.8, 4) is 0 Å². The maximum Gasteiger partial charge on any atom is 0.118 e. The number of hydrogen-bond donors (Lipinski definition) is 1. The minimum Gasteiger partial charge on any atom is -0.472 e. The van der Waals surface area contributed by atoms with Crippen molar-refractivity contribution in [1.82, 2.24) is 4.37 Å². The van der Waals surface area contributed by atoms with Crippen molar-refractivity contribution in [2.45, 2.75) is 13.0 Å². The fourth-order valence-electron chi connectivity index (χ4n) is 1.11. The Morgan fingerprint density at radius 3 is 3.00 bits per heavy atom. The molecule has 13 heavy (non-hydrogen) atoms. The fraction of sp³-hybridized carbons (Fsp3) is 0.222. The first-order valence-electron chi connectivity index (χ1n) is 3.91. The van der Waals surface area contributed by atoms with Crippen LogP contribution in [0.3, 0.4) is 0 Å². The second kappa shape index (κ2) is 3.32. The molecule has 2 heterocycles. The Hall–Kier alpha value is -1.13. The summed E-state index contributed by atoms with van der Waals surface area (Å²) in [7, 11) is 0. The minimum absolute atomic E-state index is 0.607. The molecular weight excluding hydrogens is 186 g/mol. The molecule has 0 saturated heterocycles. The van der Waals surface area contributed by atoms with E-state index in [-0.39, 0.29) is 0 Å². The molecule has 1 atom stereocenters. The highest BCUT2D eigenvalue weighted by Gasteiger charge is 2.13. The van der Waals surface area contributed by atoms with Crippen LogP contribution in [0, 0.1) is 6.92 Å². The number of hydrogen-bond acceptors (Lipinski definition) is 4. The molecule has 2 aromatic rings. The number of furan rings is 1. The number of nitrogens with zero attached hydrogens (tertiary/aromatic N) is 1. The molecule has 1 unspecified atom stereocenters. The lowest BCUT2D eigenvalue weighted by Crippen LogP contribution is -1.93. The number of aryl methyl sites for hydroxylation is 1. The SMILES string of the molecule is Cc1cc(C(O)c2ccoc2)sn1.